The standard InChI is InChI=1S/C15H32N2O3S/c1-5-7-19-9-10-20-8-6-16-15(18)12-21-17-11-14(4)13(2)3/h13-14,17H,5-12H2,1-4H3,(H,16,18). The summed E-state index contributed by atoms with van der Waals surface area (Å²) in [6.45, 7) is 12.7. The third-order valence-electron chi connectivity index (χ3n) is 3.14. The van der Waals surface area contributed by atoms with Crippen LogP contribution in [0.1, 0.15) is 34.1 Å². The van der Waals surface area contributed by atoms with E-state index in [1.165, 1.54) is 11.9 Å². The Balaban J connectivity index is 3.27. The Morgan fingerprint density at radius 2 is 1.76 bits per heavy atom. The average Bonchev–Trinajstić information content (AvgIpc) is 2.46. The van der Waals surface area contributed by atoms with Crippen LogP contribution in [0.15, 0.2) is 0 Å². The fraction of sp³-hybridized carbons (Fsp3) is 0.933. The van der Waals surface area contributed by atoms with E-state index in [1.54, 1.807) is 0 Å². The Hall–Kier alpha value is -0.300. The number of nitrogens with one attached hydrogen (secondary N) is 2. The first-order valence-electron chi connectivity index (χ1n) is 7.84. The molecule has 0 rings (SSSR count). The minimum Gasteiger partial charge on any atom is -0.379 e. The van der Waals surface area contributed by atoms with Crippen LogP contribution in [0.3, 0.4) is 0 Å². The van der Waals surface area contributed by atoms with Gasteiger partial charge in [0.2, 0.25) is 5.91 Å². The molecule has 1 unspecified atom stereocenters. The highest BCUT2D eigenvalue weighted by Gasteiger charge is 2.07. The minimum absolute atomic E-state index is 0.0375. The lowest BCUT2D eigenvalue weighted by Gasteiger charge is -2.15. The second-order valence-electron chi connectivity index (χ2n) is 5.43. The summed E-state index contributed by atoms with van der Waals surface area (Å²) in [5, 5.41) is 2.83. The van der Waals surface area contributed by atoms with Crippen LogP contribution in [0.4, 0.5) is 0 Å². The Labute approximate surface area is 134 Å². The Morgan fingerprint density at radius 3 is 2.38 bits per heavy atom. The Morgan fingerprint density at radius 1 is 1.10 bits per heavy atom. The van der Waals surface area contributed by atoms with Gasteiger partial charge in [-0.2, -0.15) is 0 Å². The number of carbonyl (C=O) groups excluding carboxylic acids is 1. The first-order valence-corrected chi connectivity index (χ1v) is 8.83. The highest BCUT2D eigenvalue weighted by atomic mass is 32.2. The number of hydrogen-bond acceptors (Lipinski definition) is 5. The van der Waals surface area contributed by atoms with Gasteiger partial charge in [0, 0.05) is 19.7 Å². The van der Waals surface area contributed by atoms with Crippen molar-refractivity contribution in [2.45, 2.75) is 34.1 Å². The van der Waals surface area contributed by atoms with E-state index in [0.717, 1.165) is 19.6 Å². The third-order valence-corrected chi connectivity index (χ3v) is 3.92. The van der Waals surface area contributed by atoms with Crippen molar-refractivity contribution in [2.75, 3.05) is 45.3 Å². The lowest BCUT2D eigenvalue weighted by atomic mass is 9.99. The van der Waals surface area contributed by atoms with Gasteiger partial charge in [0.25, 0.3) is 0 Å². The topological polar surface area (TPSA) is 59.6 Å². The van der Waals surface area contributed by atoms with Gasteiger partial charge in [-0.05, 0) is 18.3 Å². The molecule has 0 fully saturated rings. The van der Waals surface area contributed by atoms with Gasteiger partial charge in [0.1, 0.15) is 0 Å². The van der Waals surface area contributed by atoms with E-state index in [9.17, 15) is 4.79 Å². The van der Waals surface area contributed by atoms with Gasteiger partial charge in [-0.1, -0.05) is 39.6 Å². The second kappa shape index (κ2) is 14.6. The summed E-state index contributed by atoms with van der Waals surface area (Å²) in [6.07, 6.45) is 1.03. The fourth-order valence-corrected chi connectivity index (χ4v) is 2.04. The molecule has 5 nitrogen and oxygen atoms in total. The molecule has 1 atom stereocenters. The van der Waals surface area contributed by atoms with E-state index in [1.807, 2.05) is 0 Å². The van der Waals surface area contributed by atoms with Crippen molar-refractivity contribution in [3.05, 3.63) is 0 Å². The lowest BCUT2D eigenvalue weighted by molar-refractivity contribution is -0.118. The normalized spacial score (nSPS) is 12.6. The quantitative estimate of drug-likeness (QED) is 0.379. The molecule has 0 spiro atoms. The zero-order valence-corrected chi connectivity index (χ0v) is 14.8. The van der Waals surface area contributed by atoms with Crippen molar-refractivity contribution in [2.24, 2.45) is 11.8 Å². The smallest absolute Gasteiger partial charge is 0.231 e. The maximum absolute atomic E-state index is 11.5. The molecule has 0 bridgehead atoms. The van der Waals surface area contributed by atoms with Crippen LogP contribution in [0, 0.1) is 11.8 Å². The van der Waals surface area contributed by atoms with Crippen molar-refractivity contribution in [1.29, 1.82) is 0 Å². The number of amides is 1. The van der Waals surface area contributed by atoms with Gasteiger partial charge in [0.05, 0.1) is 25.6 Å². The highest BCUT2D eigenvalue weighted by molar-refractivity contribution is 7.98. The zero-order valence-electron chi connectivity index (χ0n) is 13.9. The van der Waals surface area contributed by atoms with Gasteiger partial charge in [-0.15, -0.1) is 0 Å². The molecule has 1 amide bonds. The van der Waals surface area contributed by atoms with Gasteiger partial charge in [0.15, 0.2) is 0 Å². The Bertz CT molecular complexity index is 253. The summed E-state index contributed by atoms with van der Waals surface area (Å²) in [7, 11) is 0. The van der Waals surface area contributed by atoms with Crippen LogP contribution in [-0.4, -0.2) is 51.2 Å². The predicted octanol–water partition coefficient (Wildman–Crippen LogP) is 2.08. The maximum Gasteiger partial charge on any atom is 0.231 e. The first-order chi connectivity index (χ1) is 10.1. The number of carbonyl (C=O) groups is 1. The zero-order chi connectivity index (χ0) is 15.9. The first kappa shape index (κ1) is 20.7. The largest absolute Gasteiger partial charge is 0.379 e. The molecular formula is C15H32N2O3S. The SMILES string of the molecule is CCCOCCOCCNC(=O)CSNCC(C)C(C)C. The van der Waals surface area contributed by atoms with Crippen LogP contribution < -0.4 is 10.0 Å². The summed E-state index contributed by atoms with van der Waals surface area (Å²) < 4.78 is 13.9. The van der Waals surface area contributed by atoms with Crippen molar-refractivity contribution in [3.63, 3.8) is 0 Å². The number of hydrogen-bond donors (Lipinski definition) is 2. The monoisotopic (exact) mass is 320 g/mol. The Kier molecular flexibility index (Phi) is 14.4. The molecular weight excluding hydrogens is 288 g/mol. The van der Waals surface area contributed by atoms with Gasteiger partial charge in [-0.3, -0.25) is 9.52 Å². The van der Waals surface area contributed by atoms with Crippen molar-refractivity contribution in [3.8, 4) is 0 Å². The highest BCUT2D eigenvalue weighted by Crippen LogP contribution is 2.08. The van der Waals surface area contributed by atoms with E-state index in [0.29, 0.717) is 44.0 Å². The molecule has 0 saturated carbocycles. The molecule has 6 heteroatoms. The van der Waals surface area contributed by atoms with Crippen molar-refractivity contribution in [1.82, 2.24) is 10.0 Å². The molecule has 0 heterocycles. The van der Waals surface area contributed by atoms with Crippen LogP contribution in [0.25, 0.3) is 0 Å². The van der Waals surface area contributed by atoms with Crippen LogP contribution >= 0.6 is 11.9 Å². The van der Waals surface area contributed by atoms with E-state index in [-0.39, 0.29) is 5.91 Å². The predicted molar refractivity (Wildman–Crippen MR) is 89.4 cm³/mol. The lowest BCUT2D eigenvalue weighted by Crippen LogP contribution is -2.30. The average molecular weight is 320 g/mol. The maximum atomic E-state index is 11.5. The molecule has 0 aromatic heterocycles. The number of rotatable bonds is 14. The van der Waals surface area contributed by atoms with Crippen LogP contribution in [0.5, 0.6) is 0 Å². The molecule has 0 aromatic rings. The van der Waals surface area contributed by atoms with Gasteiger partial charge < -0.3 is 14.8 Å². The summed E-state index contributed by atoms with van der Waals surface area (Å²) >= 11 is 1.46. The molecule has 0 aromatic carbocycles. The molecule has 0 aliphatic heterocycles. The van der Waals surface area contributed by atoms with E-state index < -0.39 is 0 Å². The summed E-state index contributed by atoms with van der Waals surface area (Å²) in [6, 6.07) is 0. The minimum atomic E-state index is 0.0375. The fourth-order valence-electron chi connectivity index (χ4n) is 1.32. The summed E-state index contributed by atoms with van der Waals surface area (Å²) in [5.74, 6) is 1.74. The van der Waals surface area contributed by atoms with Crippen molar-refractivity contribution < 1.29 is 14.3 Å². The second-order valence-corrected chi connectivity index (χ2v) is 6.30. The van der Waals surface area contributed by atoms with E-state index in [4.69, 9.17) is 9.47 Å². The molecule has 2 N–H and O–H groups in total. The molecule has 0 aliphatic carbocycles. The van der Waals surface area contributed by atoms with Crippen LogP contribution in [0.2, 0.25) is 0 Å². The van der Waals surface area contributed by atoms with E-state index >= 15 is 0 Å². The van der Waals surface area contributed by atoms with E-state index in [2.05, 4.69) is 37.7 Å². The third kappa shape index (κ3) is 14.4. The van der Waals surface area contributed by atoms with Crippen molar-refractivity contribution >= 4 is 17.9 Å². The summed E-state index contributed by atoms with van der Waals surface area (Å²) in [5.41, 5.74) is 0. The molecule has 0 aliphatic rings. The van der Waals surface area contributed by atoms with Gasteiger partial charge in [-0.25, -0.2) is 0 Å². The molecule has 126 valence electrons. The molecule has 0 radical (unpaired) electrons. The van der Waals surface area contributed by atoms with Gasteiger partial charge >= 0.3 is 0 Å². The number of ether oxygens (including phenoxy) is 2. The van der Waals surface area contributed by atoms with Crippen LogP contribution in [-0.2, 0) is 14.3 Å². The molecule has 21 heavy (non-hydrogen) atoms. The molecule has 0 saturated heterocycles. The summed E-state index contributed by atoms with van der Waals surface area (Å²) in [4.78, 5) is 11.5.